The lowest BCUT2D eigenvalue weighted by molar-refractivity contribution is 0.537. The van der Waals surface area contributed by atoms with Gasteiger partial charge in [-0.05, 0) is 37.9 Å². The zero-order valence-corrected chi connectivity index (χ0v) is 12.3. The Hall–Kier alpha value is -0.690. The normalized spacial score (nSPS) is 19.2. The van der Waals surface area contributed by atoms with Crippen LogP contribution < -0.4 is 10.0 Å². The summed E-state index contributed by atoms with van der Waals surface area (Å²) in [5.74, 6) is -0.707. The molecule has 1 aromatic carbocycles. The van der Waals surface area contributed by atoms with E-state index in [1.54, 1.807) is 13.0 Å². The molecule has 0 radical (unpaired) electrons. The van der Waals surface area contributed by atoms with Gasteiger partial charge in [0.1, 0.15) is 10.7 Å². The molecule has 108 valence electrons. The number of hydrogen-bond acceptors (Lipinski definition) is 3. The maximum absolute atomic E-state index is 13.6. The first-order valence-electron chi connectivity index (χ1n) is 5.99. The fourth-order valence-corrected chi connectivity index (χ4v) is 3.55. The molecule has 2 rings (SSSR count). The van der Waals surface area contributed by atoms with Crippen LogP contribution in [-0.4, -0.2) is 27.5 Å². The van der Waals surface area contributed by atoms with E-state index in [2.05, 4.69) is 10.0 Å². The Bertz CT molecular complexity index is 510. The van der Waals surface area contributed by atoms with Crippen molar-refractivity contribution >= 4 is 22.4 Å². The first-order valence-corrected chi connectivity index (χ1v) is 7.47. The predicted octanol–water partition coefficient (Wildman–Crippen LogP) is 1.59. The molecule has 1 aliphatic heterocycles. The van der Waals surface area contributed by atoms with Gasteiger partial charge < -0.3 is 5.32 Å². The number of halogens is 2. The number of sulfonamides is 1. The summed E-state index contributed by atoms with van der Waals surface area (Å²) < 4.78 is 40.2. The third-order valence-corrected chi connectivity index (χ3v) is 4.72. The second-order valence-electron chi connectivity index (χ2n) is 4.53. The van der Waals surface area contributed by atoms with Crippen LogP contribution in [0.5, 0.6) is 0 Å². The lowest BCUT2D eigenvalue weighted by Gasteiger charge is -2.13. The van der Waals surface area contributed by atoms with E-state index in [1.165, 1.54) is 6.07 Å². The van der Waals surface area contributed by atoms with Crippen LogP contribution in [0.2, 0.25) is 0 Å². The van der Waals surface area contributed by atoms with Crippen molar-refractivity contribution in [3.05, 3.63) is 29.6 Å². The number of benzene rings is 1. The molecular weight excluding hydrogens is 291 g/mol. The minimum absolute atomic E-state index is 0. The van der Waals surface area contributed by atoms with E-state index in [9.17, 15) is 12.8 Å². The zero-order valence-electron chi connectivity index (χ0n) is 10.6. The van der Waals surface area contributed by atoms with Crippen molar-refractivity contribution in [2.75, 3.05) is 13.1 Å². The standard InChI is InChI=1S/C12H17FN2O2S.ClH/c1-9-4-2-6-11(13)12(9)18(16,17)15-8-10-5-3-7-14-10;/h2,4,6,10,14-15H,3,5,7-8H2,1H3;1H. The number of hydrogen-bond donors (Lipinski definition) is 2. The zero-order chi connectivity index (χ0) is 13.2. The molecule has 1 heterocycles. The monoisotopic (exact) mass is 308 g/mol. The first kappa shape index (κ1) is 16.4. The third-order valence-electron chi connectivity index (χ3n) is 3.11. The van der Waals surface area contributed by atoms with Gasteiger partial charge in [-0.1, -0.05) is 12.1 Å². The number of aryl methyl sites for hydroxylation is 1. The van der Waals surface area contributed by atoms with Gasteiger partial charge in [0.25, 0.3) is 0 Å². The molecule has 0 aliphatic carbocycles. The minimum Gasteiger partial charge on any atom is -0.313 e. The molecule has 0 spiro atoms. The van der Waals surface area contributed by atoms with Gasteiger partial charge in [-0.15, -0.1) is 12.4 Å². The Morgan fingerprint density at radius 1 is 1.47 bits per heavy atom. The highest BCUT2D eigenvalue weighted by molar-refractivity contribution is 7.89. The number of nitrogens with one attached hydrogen (secondary N) is 2. The van der Waals surface area contributed by atoms with Crippen molar-refractivity contribution in [3.8, 4) is 0 Å². The first-order chi connectivity index (χ1) is 8.50. The lowest BCUT2D eigenvalue weighted by Crippen LogP contribution is -2.37. The predicted molar refractivity (Wildman–Crippen MR) is 74.6 cm³/mol. The van der Waals surface area contributed by atoms with Crippen LogP contribution in [0.3, 0.4) is 0 Å². The van der Waals surface area contributed by atoms with E-state index >= 15 is 0 Å². The van der Waals surface area contributed by atoms with Crippen LogP contribution in [0.1, 0.15) is 18.4 Å². The molecule has 0 aromatic heterocycles. The second kappa shape index (κ2) is 6.65. The molecule has 19 heavy (non-hydrogen) atoms. The number of rotatable bonds is 4. The Morgan fingerprint density at radius 3 is 2.79 bits per heavy atom. The fraction of sp³-hybridized carbons (Fsp3) is 0.500. The minimum atomic E-state index is -3.77. The second-order valence-corrected chi connectivity index (χ2v) is 6.23. The molecule has 1 atom stereocenters. The lowest BCUT2D eigenvalue weighted by atomic mass is 10.2. The quantitative estimate of drug-likeness (QED) is 0.888. The summed E-state index contributed by atoms with van der Waals surface area (Å²) in [5.41, 5.74) is 0.418. The summed E-state index contributed by atoms with van der Waals surface area (Å²) in [6.45, 7) is 2.80. The van der Waals surface area contributed by atoms with Gasteiger partial charge >= 0.3 is 0 Å². The molecule has 1 fully saturated rings. The van der Waals surface area contributed by atoms with Crippen molar-refractivity contribution in [2.24, 2.45) is 0 Å². The van der Waals surface area contributed by atoms with Crippen molar-refractivity contribution in [3.63, 3.8) is 0 Å². The van der Waals surface area contributed by atoms with Crippen molar-refractivity contribution < 1.29 is 12.8 Å². The largest absolute Gasteiger partial charge is 0.313 e. The van der Waals surface area contributed by atoms with E-state index in [-0.39, 0.29) is 23.3 Å². The van der Waals surface area contributed by atoms with Crippen LogP contribution in [-0.2, 0) is 10.0 Å². The van der Waals surface area contributed by atoms with Crippen molar-refractivity contribution in [1.82, 2.24) is 10.0 Å². The molecule has 2 N–H and O–H groups in total. The highest BCUT2D eigenvalue weighted by atomic mass is 35.5. The van der Waals surface area contributed by atoms with Gasteiger partial charge in [-0.25, -0.2) is 17.5 Å². The topological polar surface area (TPSA) is 58.2 Å². The maximum Gasteiger partial charge on any atom is 0.243 e. The van der Waals surface area contributed by atoms with Crippen molar-refractivity contribution in [2.45, 2.75) is 30.7 Å². The molecule has 4 nitrogen and oxygen atoms in total. The van der Waals surface area contributed by atoms with Gasteiger partial charge in [0.2, 0.25) is 10.0 Å². The van der Waals surface area contributed by atoms with Crippen LogP contribution in [0.15, 0.2) is 23.1 Å². The van der Waals surface area contributed by atoms with E-state index in [1.807, 2.05) is 0 Å². The molecule has 0 bridgehead atoms. The van der Waals surface area contributed by atoms with Gasteiger partial charge in [0.05, 0.1) is 0 Å². The molecular formula is C12H18ClFN2O2S. The summed E-state index contributed by atoms with van der Waals surface area (Å²) in [7, 11) is -3.77. The average Bonchev–Trinajstić information content (AvgIpc) is 2.78. The van der Waals surface area contributed by atoms with E-state index in [0.717, 1.165) is 25.5 Å². The SMILES string of the molecule is Cc1cccc(F)c1S(=O)(=O)NCC1CCCN1.Cl. The molecule has 7 heteroatoms. The van der Waals surface area contributed by atoms with E-state index in [4.69, 9.17) is 0 Å². The molecule has 1 saturated heterocycles. The molecule has 0 amide bonds. The van der Waals surface area contributed by atoms with Gasteiger partial charge in [0.15, 0.2) is 0 Å². The smallest absolute Gasteiger partial charge is 0.243 e. The highest BCUT2D eigenvalue weighted by Crippen LogP contribution is 2.18. The molecule has 1 aliphatic rings. The summed E-state index contributed by atoms with van der Waals surface area (Å²) >= 11 is 0. The van der Waals surface area contributed by atoms with E-state index in [0.29, 0.717) is 12.1 Å². The van der Waals surface area contributed by atoms with Crippen LogP contribution in [0, 0.1) is 12.7 Å². The van der Waals surface area contributed by atoms with Gasteiger partial charge in [0, 0.05) is 12.6 Å². The van der Waals surface area contributed by atoms with Gasteiger partial charge in [-0.2, -0.15) is 0 Å². The summed E-state index contributed by atoms with van der Waals surface area (Å²) in [4.78, 5) is -0.247. The maximum atomic E-state index is 13.6. The summed E-state index contributed by atoms with van der Waals surface area (Å²) in [5, 5.41) is 3.19. The van der Waals surface area contributed by atoms with Crippen LogP contribution in [0.4, 0.5) is 4.39 Å². The molecule has 1 aromatic rings. The Morgan fingerprint density at radius 2 is 2.21 bits per heavy atom. The van der Waals surface area contributed by atoms with Gasteiger partial charge in [-0.3, -0.25) is 0 Å². The van der Waals surface area contributed by atoms with Crippen LogP contribution in [0.25, 0.3) is 0 Å². The Balaban J connectivity index is 0.00000180. The fourth-order valence-electron chi connectivity index (χ4n) is 2.17. The third kappa shape index (κ3) is 3.89. The molecule has 0 saturated carbocycles. The summed E-state index contributed by atoms with van der Waals surface area (Å²) in [6, 6.07) is 4.40. The van der Waals surface area contributed by atoms with E-state index < -0.39 is 15.8 Å². The highest BCUT2D eigenvalue weighted by Gasteiger charge is 2.23. The molecule has 1 unspecified atom stereocenters. The van der Waals surface area contributed by atoms with Crippen molar-refractivity contribution in [1.29, 1.82) is 0 Å². The average molecular weight is 309 g/mol. The van der Waals surface area contributed by atoms with Crippen LogP contribution >= 0.6 is 12.4 Å². The Kier molecular flexibility index (Phi) is 5.73. The Labute approximate surface area is 119 Å². The summed E-state index contributed by atoms with van der Waals surface area (Å²) in [6.07, 6.45) is 1.99.